The summed E-state index contributed by atoms with van der Waals surface area (Å²) >= 11 is 0. The molecule has 0 spiro atoms. The highest BCUT2D eigenvalue weighted by Crippen LogP contribution is 2.37. The van der Waals surface area contributed by atoms with Crippen molar-refractivity contribution in [3.05, 3.63) is 47.8 Å². The van der Waals surface area contributed by atoms with Gasteiger partial charge in [0.25, 0.3) is 0 Å². The van der Waals surface area contributed by atoms with Gasteiger partial charge in [-0.2, -0.15) is 0 Å². The molecule has 0 amide bonds. The number of nitrogens with one attached hydrogen (secondary N) is 1. The van der Waals surface area contributed by atoms with Crippen LogP contribution < -0.4 is 15.0 Å². The van der Waals surface area contributed by atoms with Crippen molar-refractivity contribution in [3.63, 3.8) is 0 Å². The fourth-order valence-electron chi connectivity index (χ4n) is 2.73. The SMILES string of the molecule is CNCc1cnc(C)cc1N1CCCOc2ccccc21. The van der Waals surface area contributed by atoms with Crippen molar-refractivity contribution in [1.29, 1.82) is 0 Å². The number of hydrogen-bond donors (Lipinski definition) is 1. The Labute approximate surface area is 125 Å². The number of aryl methyl sites for hydroxylation is 1. The van der Waals surface area contributed by atoms with E-state index in [1.807, 2.05) is 32.3 Å². The summed E-state index contributed by atoms with van der Waals surface area (Å²) in [6, 6.07) is 10.4. The number of fused-ring (bicyclic) bond motifs is 1. The second-order valence-electron chi connectivity index (χ2n) is 5.31. The molecule has 1 N–H and O–H groups in total. The van der Waals surface area contributed by atoms with Crippen molar-refractivity contribution in [2.24, 2.45) is 0 Å². The van der Waals surface area contributed by atoms with Crippen LogP contribution in [0.5, 0.6) is 5.75 Å². The van der Waals surface area contributed by atoms with E-state index >= 15 is 0 Å². The number of anilines is 2. The molecule has 0 radical (unpaired) electrons. The molecule has 2 aromatic rings. The lowest BCUT2D eigenvalue weighted by atomic mass is 10.1. The molecule has 4 heteroatoms. The van der Waals surface area contributed by atoms with Crippen molar-refractivity contribution < 1.29 is 4.74 Å². The minimum Gasteiger partial charge on any atom is -0.491 e. The lowest BCUT2D eigenvalue weighted by Gasteiger charge is -2.26. The Morgan fingerprint density at radius 3 is 3.00 bits per heavy atom. The summed E-state index contributed by atoms with van der Waals surface area (Å²) in [7, 11) is 1.96. The highest BCUT2D eigenvalue weighted by Gasteiger charge is 2.20. The largest absolute Gasteiger partial charge is 0.491 e. The van der Waals surface area contributed by atoms with E-state index in [1.165, 1.54) is 11.3 Å². The Balaban J connectivity index is 2.09. The van der Waals surface area contributed by atoms with Crippen molar-refractivity contribution in [2.75, 3.05) is 25.1 Å². The fraction of sp³-hybridized carbons (Fsp3) is 0.353. The Hall–Kier alpha value is -2.07. The summed E-state index contributed by atoms with van der Waals surface area (Å²) in [6.45, 7) is 4.56. The van der Waals surface area contributed by atoms with Gasteiger partial charge in [-0.15, -0.1) is 0 Å². The van der Waals surface area contributed by atoms with E-state index in [0.717, 1.165) is 43.2 Å². The molecule has 1 aliphatic rings. The summed E-state index contributed by atoms with van der Waals surface area (Å²) in [6.07, 6.45) is 2.98. The van der Waals surface area contributed by atoms with Gasteiger partial charge in [0.2, 0.25) is 0 Å². The van der Waals surface area contributed by atoms with Crippen molar-refractivity contribution in [2.45, 2.75) is 19.9 Å². The van der Waals surface area contributed by atoms with E-state index in [0.29, 0.717) is 0 Å². The molecule has 1 aromatic heterocycles. The predicted octanol–water partition coefficient (Wildman–Crippen LogP) is 3.03. The highest BCUT2D eigenvalue weighted by atomic mass is 16.5. The van der Waals surface area contributed by atoms with Gasteiger partial charge in [0, 0.05) is 36.2 Å². The maximum absolute atomic E-state index is 5.86. The molecule has 3 rings (SSSR count). The third-order valence-corrected chi connectivity index (χ3v) is 3.70. The zero-order valence-electron chi connectivity index (χ0n) is 12.6. The third kappa shape index (κ3) is 2.85. The predicted molar refractivity (Wildman–Crippen MR) is 85.3 cm³/mol. The summed E-state index contributed by atoms with van der Waals surface area (Å²) in [4.78, 5) is 6.79. The average Bonchev–Trinajstić information content (AvgIpc) is 2.72. The second-order valence-corrected chi connectivity index (χ2v) is 5.31. The van der Waals surface area contributed by atoms with Gasteiger partial charge in [-0.05, 0) is 38.6 Å². The molecule has 0 atom stereocenters. The first kappa shape index (κ1) is 13.9. The van der Waals surface area contributed by atoms with E-state index in [9.17, 15) is 0 Å². The number of rotatable bonds is 3. The Kier molecular flexibility index (Phi) is 4.06. The molecular weight excluding hydrogens is 262 g/mol. The van der Waals surface area contributed by atoms with E-state index < -0.39 is 0 Å². The smallest absolute Gasteiger partial charge is 0.142 e. The van der Waals surface area contributed by atoms with Gasteiger partial charge < -0.3 is 15.0 Å². The van der Waals surface area contributed by atoms with Crippen molar-refractivity contribution >= 4 is 11.4 Å². The van der Waals surface area contributed by atoms with Gasteiger partial charge >= 0.3 is 0 Å². The Bertz CT molecular complexity index is 627. The summed E-state index contributed by atoms with van der Waals surface area (Å²) < 4.78 is 5.86. The lowest BCUT2D eigenvalue weighted by molar-refractivity contribution is 0.322. The number of hydrogen-bond acceptors (Lipinski definition) is 4. The first-order valence-corrected chi connectivity index (χ1v) is 7.39. The molecule has 0 aliphatic carbocycles. The fourth-order valence-corrected chi connectivity index (χ4v) is 2.73. The lowest BCUT2D eigenvalue weighted by Crippen LogP contribution is -2.21. The van der Waals surface area contributed by atoms with E-state index in [2.05, 4.69) is 33.4 Å². The maximum atomic E-state index is 5.86. The van der Waals surface area contributed by atoms with Crippen LogP contribution in [0.2, 0.25) is 0 Å². The van der Waals surface area contributed by atoms with Gasteiger partial charge in [-0.25, -0.2) is 0 Å². The monoisotopic (exact) mass is 283 g/mol. The molecule has 2 heterocycles. The number of para-hydroxylation sites is 2. The Morgan fingerprint density at radius 2 is 2.14 bits per heavy atom. The van der Waals surface area contributed by atoms with Crippen LogP contribution in [0.15, 0.2) is 36.5 Å². The van der Waals surface area contributed by atoms with Gasteiger partial charge in [0.15, 0.2) is 0 Å². The molecule has 0 saturated carbocycles. The minimum atomic E-state index is 0.763. The van der Waals surface area contributed by atoms with Crippen LogP contribution in [-0.4, -0.2) is 25.2 Å². The summed E-state index contributed by atoms with van der Waals surface area (Å²) in [5.41, 5.74) is 4.60. The molecule has 110 valence electrons. The molecule has 0 bridgehead atoms. The molecular formula is C17H21N3O. The van der Waals surface area contributed by atoms with E-state index in [4.69, 9.17) is 4.74 Å². The first-order valence-electron chi connectivity index (χ1n) is 7.39. The zero-order valence-corrected chi connectivity index (χ0v) is 12.6. The van der Waals surface area contributed by atoms with Crippen molar-refractivity contribution in [3.8, 4) is 5.75 Å². The number of benzene rings is 1. The zero-order chi connectivity index (χ0) is 14.7. The maximum Gasteiger partial charge on any atom is 0.142 e. The summed E-state index contributed by atoms with van der Waals surface area (Å²) in [5, 5.41) is 3.22. The van der Waals surface area contributed by atoms with E-state index in [-0.39, 0.29) is 0 Å². The molecule has 21 heavy (non-hydrogen) atoms. The number of pyridine rings is 1. The molecule has 0 fully saturated rings. The standard InChI is InChI=1S/C17H21N3O/c1-13-10-16(14(11-18-2)12-19-13)20-8-5-9-21-17-7-4-3-6-15(17)20/h3-4,6-7,10,12,18H,5,8-9,11H2,1-2H3. The molecule has 0 unspecified atom stereocenters. The van der Waals surface area contributed by atoms with Crippen LogP contribution in [0.25, 0.3) is 0 Å². The van der Waals surface area contributed by atoms with Crippen LogP contribution in [0.1, 0.15) is 17.7 Å². The van der Waals surface area contributed by atoms with Gasteiger partial charge in [-0.3, -0.25) is 4.98 Å². The van der Waals surface area contributed by atoms with Gasteiger partial charge in [-0.1, -0.05) is 12.1 Å². The molecule has 4 nitrogen and oxygen atoms in total. The average molecular weight is 283 g/mol. The van der Waals surface area contributed by atoms with Crippen molar-refractivity contribution in [1.82, 2.24) is 10.3 Å². The number of ether oxygens (including phenoxy) is 1. The molecule has 1 aromatic carbocycles. The molecule has 1 aliphatic heterocycles. The van der Waals surface area contributed by atoms with Crippen LogP contribution >= 0.6 is 0 Å². The first-order chi connectivity index (χ1) is 10.3. The normalized spacial score (nSPS) is 14.3. The topological polar surface area (TPSA) is 37.4 Å². The van der Waals surface area contributed by atoms with Crippen LogP contribution in [0.4, 0.5) is 11.4 Å². The van der Waals surface area contributed by atoms with Crippen LogP contribution in [0.3, 0.4) is 0 Å². The highest BCUT2D eigenvalue weighted by molar-refractivity contribution is 5.71. The van der Waals surface area contributed by atoms with Crippen LogP contribution in [-0.2, 0) is 6.54 Å². The Morgan fingerprint density at radius 1 is 1.29 bits per heavy atom. The second kappa shape index (κ2) is 6.14. The van der Waals surface area contributed by atoms with Crippen LogP contribution in [0, 0.1) is 6.92 Å². The summed E-state index contributed by atoms with van der Waals surface area (Å²) in [5.74, 6) is 0.958. The van der Waals surface area contributed by atoms with Gasteiger partial charge in [0.1, 0.15) is 5.75 Å². The number of nitrogens with zero attached hydrogens (tertiary/aromatic N) is 2. The minimum absolute atomic E-state index is 0.763. The quantitative estimate of drug-likeness (QED) is 0.939. The van der Waals surface area contributed by atoms with Gasteiger partial charge in [0.05, 0.1) is 12.3 Å². The van der Waals surface area contributed by atoms with E-state index in [1.54, 1.807) is 0 Å². The number of aromatic nitrogens is 1. The third-order valence-electron chi connectivity index (χ3n) is 3.70. The molecule has 0 saturated heterocycles.